The maximum atomic E-state index is 13.1. The molecule has 0 radical (unpaired) electrons. The summed E-state index contributed by atoms with van der Waals surface area (Å²) in [7, 11) is 0. The first-order valence-corrected chi connectivity index (χ1v) is 12.4. The highest BCUT2D eigenvalue weighted by molar-refractivity contribution is 7.09. The number of aromatic nitrogens is 1. The van der Waals surface area contributed by atoms with Crippen molar-refractivity contribution >= 4 is 29.1 Å². The van der Waals surface area contributed by atoms with Crippen LogP contribution in [0.2, 0.25) is 0 Å². The summed E-state index contributed by atoms with van der Waals surface area (Å²) in [5.74, 6) is -0.763. The molecule has 2 aromatic rings. The van der Waals surface area contributed by atoms with Crippen LogP contribution in [0.3, 0.4) is 0 Å². The van der Waals surface area contributed by atoms with Crippen LogP contribution in [0.1, 0.15) is 65.7 Å². The van der Waals surface area contributed by atoms with Gasteiger partial charge in [0.25, 0.3) is 5.91 Å². The van der Waals surface area contributed by atoms with Gasteiger partial charge in [-0.15, -0.1) is 11.3 Å². The van der Waals surface area contributed by atoms with E-state index in [1.165, 1.54) is 4.88 Å². The molecule has 0 spiro atoms. The van der Waals surface area contributed by atoms with Gasteiger partial charge >= 0.3 is 5.97 Å². The quantitative estimate of drug-likeness (QED) is 0.655. The van der Waals surface area contributed by atoms with E-state index in [1.807, 2.05) is 35.4 Å². The molecular formula is C25H31N3O4S. The number of likely N-dealkylation sites (tertiary alicyclic amines) is 1. The van der Waals surface area contributed by atoms with Gasteiger partial charge in [-0.3, -0.25) is 19.4 Å². The van der Waals surface area contributed by atoms with Crippen LogP contribution in [0.25, 0.3) is 0 Å². The lowest BCUT2D eigenvalue weighted by Gasteiger charge is -2.35. The van der Waals surface area contributed by atoms with E-state index in [4.69, 9.17) is 9.72 Å². The summed E-state index contributed by atoms with van der Waals surface area (Å²) in [6.45, 7) is 7.27. The Bertz CT molecular complexity index is 1030. The van der Waals surface area contributed by atoms with Crippen molar-refractivity contribution in [3.05, 3.63) is 51.5 Å². The predicted molar refractivity (Wildman–Crippen MR) is 126 cm³/mol. The highest BCUT2D eigenvalue weighted by Gasteiger charge is 2.48. The molecule has 0 bridgehead atoms. The summed E-state index contributed by atoms with van der Waals surface area (Å²) in [5.41, 5.74) is 1.54. The summed E-state index contributed by atoms with van der Waals surface area (Å²) in [6.07, 6.45) is 2.42. The van der Waals surface area contributed by atoms with Gasteiger partial charge in [0.15, 0.2) is 0 Å². The Kier molecular flexibility index (Phi) is 6.83. The highest BCUT2D eigenvalue weighted by Crippen LogP contribution is 2.36. The molecule has 2 fully saturated rings. The summed E-state index contributed by atoms with van der Waals surface area (Å²) in [4.78, 5) is 45.5. The van der Waals surface area contributed by atoms with E-state index in [1.54, 1.807) is 25.2 Å². The van der Waals surface area contributed by atoms with Crippen LogP contribution < -0.4 is 5.32 Å². The molecule has 0 aromatic carbocycles. The number of piperidine rings is 1. The number of hydrogen-bond donors (Lipinski definition) is 1. The number of amides is 2. The zero-order valence-electron chi connectivity index (χ0n) is 19.4. The molecule has 2 aromatic heterocycles. The van der Waals surface area contributed by atoms with Gasteiger partial charge in [-0.2, -0.15) is 0 Å². The highest BCUT2D eigenvalue weighted by atomic mass is 32.1. The second kappa shape index (κ2) is 9.63. The minimum atomic E-state index is -0.766. The van der Waals surface area contributed by atoms with Crippen molar-refractivity contribution in [2.75, 3.05) is 19.6 Å². The Morgan fingerprint density at radius 3 is 2.64 bits per heavy atom. The number of rotatable bonds is 6. The zero-order chi connectivity index (χ0) is 23.6. The van der Waals surface area contributed by atoms with Crippen molar-refractivity contribution in [3.8, 4) is 0 Å². The lowest BCUT2D eigenvalue weighted by Crippen LogP contribution is -2.46. The van der Waals surface area contributed by atoms with Crippen LogP contribution in [0.15, 0.2) is 29.6 Å². The normalized spacial score (nSPS) is 20.5. The molecule has 2 saturated heterocycles. The molecule has 176 valence electrons. The molecule has 0 aliphatic carbocycles. The largest absolute Gasteiger partial charge is 0.459 e. The first-order valence-electron chi connectivity index (χ1n) is 11.5. The lowest BCUT2D eigenvalue weighted by atomic mass is 9.86. The first-order chi connectivity index (χ1) is 15.7. The minimum Gasteiger partial charge on any atom is -0.459 e. The second-order valence-electron chi connectivity index (χ2n) is 9.40. The van der Waals surface area contributed by atoms with E-state index in [0.717, 1.165) is 30.7 Å². The van der Waals surface area contributed by atoms with Crippen LogP contribution in [0.5, 0.6) is 0 Å². The van der Waals surface area contributed by atoms with Gasteiger partial charge in [0.1, 0.15) is 5.60 Å². The molecule has 0 saturated carbocycles. The number of esters is 1. The number of cyclic esters (lactones) is 1. The van der Waals surface area contributed by atoms with Crippen molar-refractivity contribution in [1.82, 2.24) is 15.2 Å². The number of hydrogen-bond acceptors (Lipinski definition) is 6. The topological polar surface area (TPSA) is 88.6 Å². The molecule has 33 heavy (non-hydrogen) atoms. The van der Waals surface area contributed by atoms with Gasteiger partial charge in [0.2, 0.25) is 5.91 Å². The fraction of sp³-hybridized carbons (Fsp3) is 0.520. The molecule has 2 aliphatic heterocycles. The van der Waals surface area contributed by atoms with Gasteiger partial charge in [-0.25, -0.2) is 0 Å². The maximum absolute atomic E-state index is 13.1. The zero-order valence-corrected chi connectivity index (χ0v) is 20.2. The number of nitrogens with zero attached hydrogens (tertiary/aromatic N) is 2. The van der Waals surface area contributed by atoms with Crippen LogP contribution in [0.4, 0.5) is 0 Å². The summed E-state index contributed by atoms with van der Waals surface area (Å²) in [6, 6.07) is 7.81. The van der Waals surface area contributed by atoms with E-state index < -0.39 is 11.5 Å². The van der Waals surface area contributed by atoms with Crippen molar-refractivity contribution in [2.45, 2.75) is 58.0 Å². The van der Waals surface area contributed by atoms with Gasteiger partial charge in [0.05, 0.1) is 23.6 Å². The van der Waals surface area contributed by atoms with Crippen molar-refractivity contribution < 1.29 is 19.1 Å². The lowest BCUT2D eigenvalue weighted by molar-refractivity contribution is -0.149. The fourth-order valence-electron chi connectivity index (χ4n) is 4.73. The van der Waals surface area contributed by atoms with Gasteiger partial charge in [0, 0.05) is 36.1 Å². The molecule has 2 aliphatic rings. The average Bonchev–Trinajstić information content (AvgIpc) is 3.39. The molecule has 8 heteroatoms. The third-order valence-corrected chi connectivity index (χ3v) is 7.56. The number of aryl methyl sites for hydroxylation is 1. The second-order valence-corrected chi connectivity index (χ2v) is 10.4. The Balaban J connectivity index is 1.39. The Hall–Kier alpha value is -2.74. The number of carbonyl (C=O) groups excluding carboxylic acids is 3. The number of thiophene rings is 1. The SMILES string of the molecule is Cc1ccc(C(=O)NCCc2cccs2)c(C2CCN(C(=O)C3CC(=O)OC3(C)C)CC2)n1. The van der Waals surface area contributed by atoms with Gasteiger partial charge in [-0.1, -0.05) is 6.07 Å². The van der Waals surface area contributed by atoms with Gasteiger partial charge < -0.3 is 15.0 Å². The third kappa shape index (κ3) is 5.27. The first kappa shape index (κ1) is 23.4. The molecule has 1 atom stereocenters. The maximum Gasteiger partial charge on any atom is 0.307 e. The Morgan fingerprint density at radius 1 is 1.24 bits per heavy atom. The van der Waals surface area contributed by atoms with Crippen molar-refractivity contribution in [3.63, 3.8) is 0 Å². The minimum absolute atomic E-state index is 0.0203. The van der Waals surface area contributed by atoms with E-state index in [-0.39, 0.29) is 30.1 Å². The molecule has 4 heterocycles. The van der Waals surface area contributed by atoms with Crippen LogP contribution in [0, 0.1) is 12.8 Å². The fourth-order valence-corrected chi connectivity index (χ4v) is 5.44. The Labute approximate surface area is 198 Å². The number of ether oxygens (including phenoxy) is 1. The molecule has 4 rings (SSSR count). The monoisotopic (exact) mass is 469 g/mol. The standard InChI is InChI=1S/C25H31N3O4S/c1-16-6-7-19(23(30)26-11-8-18-5-4-14-33-18)22(27-16)17-9-12-28(13-10-17)24(31)20-15-21(29)32-25(20,2)3/h4-7,14,17,20H,8-13,15H2,1-3H3,(H,26,30). The molecule has 2 amide bonds. The number of pyridine rings is 1. The number of carbonyl (C=O) groups is 3. The predicted octanol–water partition coefficient (Wildman–Crippen LogP) is 3.47. The molecular weight excluding hydrogens is 438 g/mol. The van der Waals surface area contributed by atoms with Crippen LogP contribution in [-0.4, -0.2) is 52.9 Å². The van der Waals surface area contributed by atoms with E-state index in [2.05, 4.69) is 11.4 Å². The molecule has 7 nitrogen and oxygen atoms in total. The third-order valence-electron chi connectivity index (χ3n) is 6.62. The average molecular weight is 470 g/mol. The number of nitrogens with one attached hydrogen (secondary N) is 1. The summed E-state index contributed by atoms with van der Waals surface area (Å²) >= 11 is 1.69. The van der Waals surface area contributed by atoms with Crippen molar-refractivity contribution in [2.24, 2.45) is 5.92 Å². The van der Waals surface area contributed by atoms with E-state index in [0.29, 0.717) is 25.2 Å². The van der Waals surface area contributed by atoms with Gasteiger partial charge in [-0.05, 0) is 63.6 Å². The van der Waals surface area contributed by atoms with E-state index in [9.17, 15) is 14.4 Å². The summed E-state index contributed by atoms with van der Waals surface area (Å²) in [5, 5.41) is 5.07. The van der Waals surface area contributed by atoms with Crippen molar-refractivity contribution in [1.29, 1.82) is 0 Å². The van der Waals surface area contributed by atoms with Crippen LogP contribution >= 0.6 is 11.3 Å². The molecule has 1 N–H and O–H groups in total. The van der Waals surface area contributed by atoms with Crippen LogP contribution in [-0.2, 0) is 20.7 Å². The smallest absolute Gasteiger partial charge is 0.307 e. The molecule has 1 unspecified atom stereocenters. The van der Waals surface area contributed by atoms with E-state index >= 15 is 0 Å². The Morgan fingerprint density at radius 2 is 2.00 bits per heavy atom. The summed E-state index contributed by atoms with van der Waals surface area (Å²) < 4.78 is 5.33.